The highest BCUT2D eigenvalue weighted by atomic mass is 16.5. The van der Waals surface area contributed by atoms with Gasteiger partial charge in [0.15, 0.2) is 0 Å². The van der Waals surface area contributed by atoms with E-state index in [2.05, 4.69) is 16.3 Å². The molecule has 1 aliphatic heterocycles. The average Bonchev–Trinajstić information content (AvgIpc) is 2.46. The number of rotatable bonds is 3. The summed E-state index contributed by atoms with van der Waals surface area (Å²) in [5.74, 6) is 0.791. The van der Waals surface area contributed by atoms with Crippen LogP contribution in [0.25, 0.3) is 0 Å². The number of anilines is 1. The van der Waals surface area contributed by atoms with Crippen LogP contribution in [0.4, 0.5) is 5.69 Å². The second kappa shape index (κ2) is 5.74. The van der Waals surface area contributed by atoms with Crippen molar-refractivity contribution in [3.05, 3.63) is 23.8 Å². The van der Waals surface area contributed by atoms with Crippen LogP contribution in [-0.2, 0) is 0 Å². The predicted molar refractivity (Wildman–Crippen MR) is 72.0 cm³/mol. The molecule has 1 aliphatic rings. The van der Waals surface area contributed by atoms with Crippen molar-refractivity contribution in [1.29, 1.82) is 5.26 Å². The lowest BCUT2D eigenvalue weighted by Gasteiger charge is -2.34. The van der Waals surface area contributed by atoms with Crippen LogP contribution < -0.4 is 15.0 Å². The Kier molecular flexibility index (Phi) is 4.06. The van der Waals surface area contributed by atoms with E-state index in [1.807, 2.05) is 25.2 Å². The fourth-order valence-electron chi connectivity index (χ4n) is 2.39. The van der Waals surface area contributed by atoms with E-state index in [1.165, 1.54) is 6.42 Å². The van der Waals surface area contributed by atoms with Gasteiger partial charge in [-0.1, -0.05) is 0 Å². The minimum atomic E-state index is 0.443. The number of likely N-dealkylation sites (N-methyl/N-ethyl adjacent to an activating group) is 1. The van der Waals surface area contributed by atoms with E-state index in [0.717, 1.165) is 30.9 Å². The molecule has 96 valence electrons. The van der Waals surface area contributed by atoms with Crippen LogP contribution in [0.1, 0.15) is 18.4 Å². The van der Waals surface area contributed by atoms with Gasteiger partial charge in [-0.25, -0.2) is 0 Å². The van der Waals surface area contributed by atoms with Crippen molar-refractivity contribution in [3.8, 4) is 11.8 Å². The van der Waals surface area contributed by atoms with Gasteiger partial charge in [-0.15, -0.1) is 0 Å². The average molecular weight is 245 g/mol. The molecule has 0 aromatic heterocycles. The molecular weight excluding hydrogens is 226 g/mol. The second-order valence-corrected chi connectivity index (χ2v) is 4.61. The molecule has 0 amide bonds. The Hall–Kier alpha value is -1.73. The Morgan fingerprint density at radius 1 is 1.50 bits per heavy atom. The van der Waals surface area contributed by atoms with Crippen molar-refractivity contribution < 1.29 is 4.74 Å². The molecule has 18 heavy (non-hydrogen) atoms. The van der Waals surface area contributed by atoms with Crippen LogP contribution in [0.15, 0.2) is 18.2 Å². The summed E-state index contributed by atoms with van der Waals surface area (Å²) in [4.78, 5) is 2.19. The molecule has 4 heteroatoms. The Labute approximate surface area is 108 Å². The lowest BCUT2D eigenvalue weighted by atomic mass is 10.0. The van der Waals surface area contributed by atoms with Crippen molar-refractivity contribution in [1.82, 2.24) is 5.32 Å². The van der Waals surface area contributed by atoms with Gasteiger partial charge in [-0.05, 0) is 31.5 Å². The van der Waals surface area contributed by atoms with E-state index >= 15 is 0 Å². The fraction of sp³-hybridized carbons (Fsp3) is 0.500. The highest BCUT2D eigenvalue weighted by Crippen LogP contribution is 2.27. The maximum atomic E-state index is 9.20. The molecule has 2 rings (SSSR count). The number of ether oxygens (including phenoxy) is 1. The summed E-state index contributed by atoms with van der Waals surface area (Å²) in [6.07, 6.45) is 2.34. The topological polar surface area (TPSA) is 48.3 Å². The van der Waals surface area contributed by atoms with Crippen LogP contribution in [-0.4, -0.2) is 33.3 Å². The van der Waals surface area contributed by atoms with E-state index in [4.69, 9.17) is 4.74 Å². The van der Waals surface area contributed by atoms with Crippen LogP contribution in [0.5, 0.6) is 5.75 Å². The van der Waals surface area contributed by atoms with E-state index in [-0.39, 0.29) is 0 Å². The summed E-state index contributed by atoms with van der Waals surface area (Å²) in [5.41, 5.74) is 1.65. The first-order valence-corrected chi connectivity index (χ1v) is 6.28. The van der Waals surface area contributed by atoms with E-state index in [9.17, 15) is 5.26 Å². The molecule has 0 spiro atoms. The standard InChI is InChI=1S/C14H19N3O/c1-17(12-4-3-7-16-10-12)14-8-13(18-2)6-5-11(14)9-15/h5-6,8,12,16H,3-4,7,10H2,1-2H3. The molecular formula is C14H19N3O. The number of methoxy groups -OCH3 is 1. The molecule has 1 heterocycles. The van der Waals surface area contributed by atoms with Crippen molar-refractivity contribution in [3.63, 3.8) is 0 Å². The number of hydrogen-bond donors (Lipinski definition) is 1. The third-order valence-corrected chi connectivity index (χ3v) is 3.52. The molecule has 1 saturated heterocycles. The minimum absolute atomic E-state index is 0.443. The van der Waals surface area contributed by atoms with Gasteiger partial charge in [0.1, 0.15) is 11.8 Å². The van der Waals surface area contributed by atoms with Gasteiger partial charge in [-0.2, -0.15) is 5.26 Å². The zero-order valence-electron chi connectivity index (χ0n) is 10.9. The number of hydrogen-bond acceptors (Lipinski definition) is 4. The van der Waals surface area contributed by atoms with Crippen LogP contribution in [0, 0.1) is 11.3 Å². The Morgan fingerprint density at radius 3 is 2.94 bits per heavy atom. The largest absolute Gasteiger partial charge is 0.497 e. The van der Waals surface area contributed by atoms with Gasteiger partial charge in [0.25, 0.3) is 0 Å². The van der Waals surface area contributed by atoms with Gasteiger partial charge in [0.2, 0.25) is 0 Å². The lowest BCUT2D eigenvalue weighted by Crippen LogP contribution is -2.44. The van der Waals surface area contributed by atoms with Gasteiger partial charge < -0.3 is 15.0 Å². The van der Waals surface area contributed by atoms with Crippen molar-refractivity contribution in [2.24, 2.45) is 0 Å². The maximum absolute atomic E-state index is 9.20. The van der Waals surface area contributed by atoms with E-state index in [1.54, 1.807) is 7.11 Å². The molecule has 1 aromatic rings. The smallest absolute Gasteiger partial charge is 0.121 e. The van der Waals surface area contributed by atoms with Crippen molar-refractivity contribution >= 4 is 5.69 Å². The Morgan fingerprint density at radius 2 is 2.33 bits per heavy atom. The summed E-state index contributed by atoms with van der Waals surface area (Å²) < 4.78 is 5.24. The highest BCUT2D eigenvalue weighted by Gasteiger charge is 2.20. The summed E-state index contributed by atoms with van der Waals surface area (Å²) in [5, 5.41) is 12.6. The molecule has 1 atom stereocenters. The number of nitrogens with one attached hydrogen (secondary N) is 1. The maximum Gasteiger partial charge on any atom is 0.121 e. The molecule has 0 radical (unpaired) electrons. The van der Waals surface area contributed by atoms with E-state index < -0.39 is 0 Å². The fourth-order valence-corrected chi connectivity index (χ4v) is 2.39. The van der Waals surface area contributed by atoms with Crippen LogP contribution in [0.2, 0.25) is 0 Å². The Balaban J connectivity index is 2.27. The number of benzene rings is 1. The minimum Gasteiger partial charge on any atom is -0.497 e. The molecule has 0 bridgehead atoms. The first kappa shape index (κ1) is 12.7. The zero-order chi connectivity index (χ0) is 13.0. The monoisotopic (exact) mass is 245 g/mol. The molecule has 1 N–H and O–H groups in total. The van der Waals surface area contributed by atoms with Gasteiger partial charge >= 0.3 is 0 Å². The van der Waals surface area contributed by atoms with Crippen molar-refractivity contribution in [2.45, 2.75) is 18.9 Å². The molecule has 1 aromatic carbocycles. The quantitative estimate of drug-likeness (QED) is 0.881. The molecule has 0 aliphatic carbocycles. The third kappa shape index (κ3) is 2.57. The number of piperidine rings is 1. The van der Waals surface area contributed by atoms with Gasteiger partial charge in [0.05, 0.1) is 18.4 Å². The number of nitriles is 1. The molecule has 1 fully saturated rings. The lowest BCUT2D eigenvalue weighted by molar-refractivity contribution is 0.413. The van der Waals surface area contributed by atoms with Gasteiger partial charge in [0, 0.05) is 25.7 Å². The first-order valence-electron chi connectivity index (χ1n) is 6.28. The van der Waals surface area contributed by atoms with Crippen molar-refractivity contribution in [2.75, 3.05) is 32.1 Å². The van der Waals surface area contributed by atoms with Crippen LogP contribution >= 0.6 is 0 Å². The molecule has 0 saturated carbocycles. The van der Waals surface area contributed by atoms with Crippen LogP contribution in [0.3, 0.4) is 0 Å². The Bertz CT molecular complexity index is 447. The third-order valence-electron chi connectivity index (χ3n) is 3.52. The zero-order valence-corrected chi connectivity index (χ0v) is 10.9. The normalized spacial score (nSPS) is 19.1. The molecule has 4 nitrogen and oxygen atoms in total. The predicted octanol–water partition coefficient (Wildman–Crippen LogP) is 1.76. The summed E-state index contributed by atoms with van der Waals surface area (Å²) in [6, 6.07) is 8.28. The first-order chi connectivity index (χ1) is 8.76. The SMILES string of the molecule is COc1ccc(C#N)c(N(C)C2CCCNC2)c1. The molecule has 1 unspecified atom stereocenters. The summed E-state index contributed by atoms with van der Waals surface area (Å²) >= 11 is 0. The highest BCUT2D eigenvalue weighted by molar-refractivity contribution is 5.62. The van der Waals surface area contributed by atoms with Gasteiger partial charge in [-0.3, -0.25) is 0 Å². The van der Waals surface area contributed by atoms with E-state index in [0.29, 0.717) is 11.6 Å². The number of nitrogens with zero attached hydrogens (tertiary/aromatic N) is 2. The summed E-state index contributed by atoms with van der Waals surface area (Å²) in [7, 11) is 3.70. The second-order valence-electron chi connectivity index (χ2n) is 4.61. The summed E-state index contributed by atoms with van der Waals surface area (Å²) in [6.45, 7) is 2.06.